The van der Waals surface area contributed by atoms with Crippen molar-refractivity contribution in [3.05, 3.63) is 53.1 Å². The second-order valence-electron chi connectivity index (χ2n) is 8.52. The van der Waals surface area contributed by atoms with Crippen molar-refractivity contribution in [2.24, 2.45) is 0 Å². The lowest BCUT2D eigenvalue weighted by Crippen LogP contribution is -2.27. The van der Waals surface area contributed by atoms with E-state index in [4.69, 9.17) is 25.3 Å². The van der Waals surface area contributed by atoms with E-state index in [1.165, 1.54) is 31.2 Å². The van der Waals surface area contributed by atoms with Crippen molar-refractivity contribution in [3.8, 4) is 17.2 Å². The maximum atomic E-state index is 13.6. The molecule has 0 radical (unpaired) electrons. The van der Waals surface area contributed by atoms with E-state index in [1.54, 1.807) is 32.0 Å². The zero-order chi connectivity index (χ0) is 27.0. The van der Waals surface area contributed by atoms with E-state index in [1.807, 2.05) is 0 Å². The molecular weight excluding hydrogens is 546 g/mol. The van der Waals surface area contributed by atoms with Crippen LogP contribution < -0.4 is 9.47 Å². The highest BCUT2D eigenvalue weighted by Gasteiger charge is 2.38. The molecule has 0 amide bonds. The fraction of sp³-hybridized carbons (Fsp3) is 0.455. The molecular formula is C22H26ClN5O7S2. The van der Waals surface area contributed by atoms with Gasteiger partial charge in [-0.3, -0.25) is 8.75 Å². The van der Waals surface area contributed by atoms with Crippen LogP contribution in [0.5, 0.6) is 11.5 Å². The van der Waals surface area contributed by atoms with E-state index in [9.17, 15) is 16.8 Å². The normalized spacial score (nSPS) is 18.9. The monoisotopic (exact) mass is 571 g/mol. The first-order valence-electron chi connectivity index (χ1n) is 11.2. The Hall–Kier alpha value is -2.81. The Morgan fingerprint density at radius 2 is 1.76 bits per heavy atom. The maximum absolute atomic E-state index is 13.6. The van der Waals surface area contributed by atoms with Crippen molar-refractivity contribution in [1.29, 1.82) is 0 Å². The van der Waals surface area contributed by atoms with Crippen LogP contribution in [-0.4, -0.2) is 66.8 Å². The predicted molar refractivity (Wildman–Crippen MR) is 134 cm³/mol. The lowest BCUT2D eigenvalue weighted by atomic mass is 10.1. The Morgan fingerprint density at radius 3 is 2.30 bits per heavy atom. The van der Waals surface area contributed by atoms with Crippen molar-refractivity contribution in [2.75, 3.05) is 20.0 Å². The summed E-state index contributed by atoms with van der Waals surface area (Å²) in [6, 6.07) is 5.03. The van der Waals surface area contributed by atoms with Crippen LogP contribution in [0, 0.1) is 0 Å². The average molecular weight is 572 g/mol. The molecule has 0 spiro atoms. The second kappa shape index (κ2) is 10.5. The van der Waals surface area contributed by atoms with Crippen LogP contribution in [-0.2, 0) is 29.9 Å². The first-order valence-corrected chi connectivity index (χ1v) is 14.9. The minimum Gasteiger partial charge on any atom is -0.494 e. The summed E-state index contributed by atoms with van der Waals surface area (Å²) in [6.45, 7) is 3.28. The average Bonchev–Trinajstić information content (AvgIpc) is 3.44. The number of rotatable bonds is 9. The molecule has 200 valence electrons. The summed E-state index contributed by atoms with van der Waals surface area (Å²) < 4.78 is 68.9. The number of hydrogen-bond acceptors (Lipinski definition) is 11. The summed E-state index contributed by atoms with van der Waals surface area (Å²) in [5.74, 6) is -0.0819. The molecule has 0 bridgehead atoms. The lowest BCUT2D eigenvalue weighted by Gasteiger charge is -2.21. The summed E-state index contributed by atoms with van der Waals surface area (Å²) in [5, 5.41) is 7.75. The van der Waals surface area contributed by atoms with Crippen LogP contribution in [0.1, 0.15) is 49.8 Å². The third kappa shape index (κ3) is 5.56. The Balaban J connectivity index is 1.79. The van der Waals surface area contributed by atoms with Crippen LogP contribution in [0.15, 0.2) is 30.6 Å². The van der Waals surface area contributed by atoms with Gasteiger partial charge in [-0.25, -0.2) is 18.4 Å². The van der Waals surface area contributed by atoms with Gasteiger partial charge in [-0.05, 0) is 25.5 Å². The second-order valence-corrected chi connectivity index (χ2v) is 13.0. The molecule has 4 rings (SSSR count). The van der Waals surface area contributed by atoms with E-state index in [2.05, 4.69) is 20.2 Å². The van der Waals surface area contributed by atoms with Crippen LogP contribution in [0.25, 0.3) is 5.69 Å². The number of methoxy groups -OCH3 is 2. The van der Waals surface area contributed by atoms with Gasteiger partial charge >= 0.3 is 0 Å². The highest BCUT2D eigenvalue weighted by molar-refractivity contribution is 7.91. The van der Waals surface area contributed by atoms with Gasteiger partial charge in [0.25, 0.3) is 10.1 Å². The number of halogens is 1. The highest BCUT2D eigenvalue weighted by atomic mass is 35.5. The Morgan fingerprint density at radius 1 is 1.14 bits per heavy atom. The number of hydrogen-bond donors (Lipinski definition) is 0. The first-order chi connectivity index (χ1) is 17.5. The molecule has 1 fully saturated rings. The summed E-state index contributed by atoms with van der Waals surface area (Å²) in [4.78, 5) is 8.31. The molecule has 15 heteroatoms. The van der Waals surface area contributed by atoms with Crippen molar-refractivity contribution in [1.82, 2.24) is 24.7 Å². The van der Waals surface area contributed by atoms with Crippen LogP contribution in [0.2, 0.25) is 5.02 Å². The number of benzene rings is 1. The zero-order valence-electron chi connectivity index (χ0n) is 20.5. The van der Waals surface area contributed by atoms with Crippen LogP contribution in [0.3, 0.4) is 0 Å². The van der Waals surface area contributed by atoms with Crippen molar-refractivity contribution < 1.29 is 30.5 Å². The standard InChI is InChI=1S/C22H26ClN5O7S2/c1-13(21-24-10-15(23)11-25-21)14(2)36(29,30)12-19-26-27-22(18-8-9-37(31,32)35-18)28(19)20-16(33-3)6-5-7-17(20)34-4/h5-7,10-11,13-14,18H,8-9,12H2,1-4H3/t13-,14-,18-/m0/s1. The summed E-state index contributed by atoms with van der Waals surface area (Å²) in [6.07, 6.45) is 1.99. The number of para-hydroxylation sites is 1. The maximum Gasteiger partial charge on any atom is 0.268 e. The number of ether oxygens (including phenoxy) is 2. The minimum absolute atomic E-state index is 0.0433. The van der Waals surface area contributed by atoms with Crippen molar-refractivity contribution in [3.63, 3.8) is 0 Å². The van der Waals surface area contributed by atoms with Gasteiger partial charge in [0.1, 0.15) is 34.9 Å². The van der Waals surface area contributed by atoms with Gasteiger partial charge < -0.3 is 9.47 Å². The fourth-order valence-corrected chi connectivity index (χ4v) is 6.80. The van der Waals surface area contributed by atoms with Crippen molar-refractivity contribution >= 4 is 31.6 Å². The molecule has 37 heavy (non-hydrogen) atoms. The van der Waals surface area contributed by atoms with Crippen LogP contribution >= 0.6 is 11.6 Å². The molecule has 0 N–H and O–H groups in total. The Labute approximate surface area is 220 Å². The molecule has 1 aliphatic rings. The summed E-state index contributed by atoms with van der Waals surface area (Å²) >= 11 is 5.86. The summed E-state index contributed by atoms with van der Waals surface area (Å²) in [5.41, 5.74) is 0.326. The molecule has 0 unspecified atom stereocenters. The third-order valence-electron chi connectivity index (χ3n) is 6.21. The topological polar surface area (TPSA) is 152 Å². The van der Waals surface area contributed by atoms with Gasteiger partial charge in [-0.15, -0.1) is 10.2 Å². The first kappa shape index (κ1) is 27.2. The molecule has 3 aromatic rings. The van der Waals surface area contributed by atoms with Gasteiger partial charge in [-0.1, -0.05) is 24.6 Å². The molecule has 1 saturated heterocycles. The van der Waals surface area contributed by atoms with Gasteiger partial charge in [0, 0.05) is 18.3 Å². The van der Waals surface area contributed by atoms with Gasteiger partial charge in [-0.2, -0.15) is 8.42 Å². The molecule has 2 aromatic heterocycles. The zero-order valence-corrected chi connectivity index (χ0v) is 22.9. The smallest absolute Gasteiger partial charge is 0.268 e. The molecule has 0 aliphatic carbocycles. The lowest BCUT2D eigenvalue weighted by molar-refractivity contribution is 0.228. The van der Waals surface area contributed by atoms with Gasteiger partial charge in [0.15, 0.2) is 21.5 Å². The molecule has 3 heterocycles. The Bertz CT molecular complexity index is 1470. The van der Waals surface area contributed by atoms with Gasteiger partial charge in [0.2, 0.25) is 0 Å². The summed E-state index contributed by atoms with van der Waals surface area (Å²) in [7, 11) is -4.69. The van der Waals surface area contributed by atoms with E-state index >= 15 is 0 Å². The fourth-order valence-electron chi connectivity index (χ4n) is 4.01. The van der Waals surface area contributed by atoms with E-state index in [0.717, 1.165) is 0 Å². The van der Waals surface area contributed by atoms with E-state index < -0.39 is 43.0 Å². The highest BCUT2D eigenvalue weighted by Crippen LogP contribution is 2.38. The molecule has 1 aromatic carbocycles. The third-order valence-corrected chi connectivity index (χ3v) is 9.87. The van der Waals surface area contributed by atoms with Crippen molar-refractivity contribution in [2.45, 2.75) is 43.3 Å². The van der Waals surface area contributed by atoms with E-state index in [0.29, 0.717) is 28.0 Å². The number of aromatic nitrogens is 5. The molecule has 1 aliphatic heterocycles. The Kier molecular flexibility index (Phi) is 7.74. The van der Waals surface area contributed by atoms with E-state index in [-0.39, 0.29) is 23.8 Å². The predicted octanol–water partition coefficient (Wildman–Crippen LogP) is 2.63. The van der Waals surface area contributed by atoms with Gasteiger partial charge in [0.05, 0.1) is 30.2 Å². The molecule has 12 nitrogen and oxygen atoms in total. The molecule has 0 saturated carbocycles. The number of nitrogens with zero attached hydrogens (tertiary/aromatic N) is 5. The molecule has 3 atom stereocenters. The largest absolute Gasteiger partial charge is 0.494 e. The minimum atomic E-state index is -3.85. The number of sulfone groups is 1. The SMILES string of the molecule is COc1cccc(OC)c1-n1c(CS(=O)(=O)[C@@H](C)[C@H](C)c2ncc(Cl)cn2)nnc1[C@@H]1CCS(=O)(=O)O1. The van der Waals surface area contributed by atoms with Crippen LogP contribution in [0.4, 0.5) is 0 Å². The quantitative estimate of drug-likeness (QED) is 0.348.